The van der Waals surface area contributed by atoms with Gasteiger partial charge < -0.3 is 4.74 Å². The lowest BCUT2D eigenvalue weighted by molar-refractivity contribution is -0.274. The van der Waals surface area contributed by atoms with Crippen LogP contribution in [0.4, 0.5) is 22.0 Å². The molecule has 0 fully saturated rings. The maximum Gasteiger partial charge on any atom is 0.573 e. The smallest absolute Gasteiger partial charge is 0.406 e. The molecule has 0 saturated heterocycles. The van der Waals surface area contributed by atoms with E-state index in [4.69, 9.17) is 0 Å². The Morgan fingerprint density at radius 2 is 1.63 bits per heavy atom. The summed E-state index contributed by atoms with van der Waals surface area (Å²) < 4.78 is 70.2. The van der Waals surface area contributed by atoms with E-state index in [9.17, 15) is 22.0 Å². The molecule has 2 aromatic carbocycles. The highest BCUT2D eigenvalue weighted by atomic mass is 32.1. The fraction of sp³-hybridized carbons (Fsp3) is 0.100. The fourth-order valence-electron chi connectivity index (χ4n) is 2.88. The number of alkyl halides is 3. The third kappa shape index (κ3) is 4.04. The van der Waals surface area contributed by atoms with Crippen molar-refractivity contribution in [2.24, 2.45) is 7.05 Å². The minimum atomic E-state index is -4.75. The minimum Gasteiger partial charge on any atom is -0.406 e. The van der Waals surface area contributed by atoms with E-state index in [0.29, 0.717) is 17.0 Å². The normalized spacial score (nSPS) is 11.7. The van der Waals surface area contributed by atoms with Crippen LogP contribution in [-0.4, -0.2) is 21.1 Å². The van der Waals surface area contributed by atoms with Crippen LogP contribution in [0.2, 0.25) is 0 Å². The van der Waals surface area contributed by atoms with E-state index in [1.165, 1.54) is 46.4 Å². The first-order valence-electron chi connectivity index (χ1n) is 8.52. The van der Waals surface area contributed by atoms with Crippen LogP contribution < -0.4 is 4.74 Å². The van der Waals surface area contributed by atoms with Crippen LogP contribution in [0.5, 0.6) is 5.75 Å². The van der Waals surface area contributed by atoms with Crippen LogP contribution in [0.3, 0.4) is 0 Å². The van der Waals surface area contributed by atoms with Gasteiger partial charge in [0.1, 0.15) is 17.4 Å². The van der Waals surface area contributed by atoms with Gasteiger partial charge in [-0.1, -0.05) is 6.07 Å². The molecule has 0 amide bonds. The van der Waals surface area contributed by atoms with Gasteiger partial charge in [0.25, 0.3) is 0 Å². The van der Waals surface area contributed by atoms with Gasteiger partial charge in [0.2, 0.25) is 0 Å². The molecule has 0 aliphatic carbocycles. The molecule has 2 aromatic heterocycles. The van der Waals surface area contributed by atoms with Crippen LogP contribution in [0.25, 0.3) is 33.2 Å². The monoisotopic (exact) mass is 437 g/mol. The predicted molar refractivity (Wildman–Crippen MR) is 102 cm³/mol. The predicted octanol–water partition coefficient (Wildman–Crippen LogP) is 6.05. The van der Waals surface area contributed by atoms with Crippen molar-refractivity contribution in [2.75, 3.05) is 0 Å². The summed E-state index contributed by atoms with van der Waals surface area (Å²) >= 11 is 1.34. The third-order valence-electron chi connectivity index (χ3n) is 4.18. The molecule has 4 nitrogen and oxygen atoms in total. The number of aromatic nitrogens is 3. The van der Waals surface area contributed by atoms with Crippen LogP contribution >= 0.6 is 11.3 Å². The van der Waals surface area contributed by atoms with Gasteiger partial charge in [-0.3, -0.25) is 0 Å². The van der Waals surface area contributed by atoms with Crippen molar-refractivity contribution >= 4 is 11.3 Å². The third-order valence-corrected chi connectivity index (χ3v) is 5.16. The molecular weight excluding hydrogens is 425 g/mol. The second-order valence-corrected chi connectivity index (χ2v) is 7.16. The number of aryl methyl sites for hydroxylation is 1. The summed E-state index contributed by atoms with van der Waals surface area (Å²) in [6, 6.07) is 10.8. The molecule has 0 unspecified atom stereocenters. The number of rotatable bonds is 4. The molecule has 0 radical (unpaired) electrons. The maximum absolute atomic E-state index is 14.0. The number of nitrogens with zero attached hydrogens (tertiary/aromatic N) is 3. The van der Waals surface area contributed by atoms with Crippen molar-refractivity contribution in [1.29, 1.82) is 0 Å². The van der Waals surface area contributed by atoms with E-state index in [2.05, 4.69) is 14.8 Å². The van der Waals surface area contributed by atoms with Gasteiger partial charge in [-0.25, -0.2) is 18.4 Å². The summed E-state index contributed by atoms with van der Waals surface area (Å²) in [6.45, 7) is 0. The molecule has 4 aromatic rings. The highest BCUT2D eigenvalue weighted by molar-refractivity contribution is 7.14. The highest BCUT2D eigenvalue weighted by Crippen LogP contribution is 2.34. The average Bonchev–Trinajstić information content (AvgIpc) is 3.28. The summed E-state index contributed by atoms with van der Waals surface area (Å²) in [5.41, 5.74) is 1.03. The molecule has 0 aliphatic heterocycles. The Morgan fingerprint density at radius 3 is 2.27 bits per heavy atom. The molecule has 0 bridgehead atoms. The van der Waals surface area contributed by atoms with Crippen LogP contribution in [-0.2, 0) is 7.05 Å². The zero-order valence-electron chi connectivity index (χ0n) is 15.2. The fourth-order valence-corrected chi connectivity index (χ4v) is 3.77. The summed E-state index contributed by atoms with van der Waals surface area (Å²) in [7, 11) is 1.60. The second-order valence-electron chi connectivity index (χ2n) is 6.25. The molecule has 0 saturated carbocycles. The van der Waals surface area contributed by atoms with Crippen molar-refractivity contribution in [1.82, 2.24) is 14.8 Å². The van der Waals surface area contributed by atoms with Gasteiger partial charge in [-0.2, -0.15) is 5.10 Å². The Bertz CT molecular complexity index is 1180. The summed E-state index contributed by atoms with van der Waals surface area (Å²) in [6.07, 6.45) is -4.75. The second kappa shape index (κ2) is 7.52. The lowest BCUT2D eigenvalue weighted by Crippen LogP contribution is -2.16. The van der Waals surface area contributed by atoms with Gasteiger partial charge in [0.05, 0.1) is 5.56 Å². The van der Waals surface area contributed by atoms with Gasteiger partial charge in [0, 0.05) is 22.9 Å². The van der Waals surface area contributed by atoms with E-state index in [1.807, 2.05) is 0 Å². The number of benzene rings is 2. The summed E-state index contributed by atoms with van der Waals surface area (Å²) in [4.78, 5) is 5.04. The molecule has 0 spiro atoms. The number of thiophene rings is 1. The molecule has 4 rings (SSSR count). The quantitative estimate of drug-likeness (QED) is 0.365. The van der Waals surface area contributed by atoms with Crippen molar-refractivity contribution in [3.63, 3.8) is 0 Å². The Morgan fingerprint density at radius 1 is 0.967 bits per heavy atom. The van der Waals surface area contributed by atoms with Gasteiger partial charge in [-0.15, -0.1) is 24.5 Å². The summed E-state index contributed by atoms with van der Waals surface area (Å²) in [5, 5.41) is 5.89. The molecule has 2 heterocycles. The van der Waals surface area contributed by atoms with Crippen molar-refractivity contribution in [3.05, 3.63) is 65.5 Å². The molecule has 0 aliphatic rings. The summed E-state index contributed by atoms with van der Waals surface area (Å²) in [5.74, 6) is -1.52. The number of hydrogen-bond acceptors (Lipinski definition) is 4. The van der Waals surface area contributed by atoms with Crippen LogP contribution in [0, 0.1) is 11.6 Å². The largest absolute Gasteiger partial charge is 0.573 e. The van der Waals surface area contributed by atoms with Crippen LogP contribution in [0.15, 0.2) is 53.9 Å². The first-order valence-corrected chi connectivity index (χ1v) is 9.40. The minimum absolute atomic E-state index is 0.0792. The van der Waals surface area contributed by atoms with Gasteiger partial charge >= 0.3 is 6.36 Å². The highest BCUT2D eigenvalue weighted by Gasteiger charge is 2.31. The average molecular weight is 437 g/mol. The number of hydrogen-bond donors (Lipinski definition) is 0. The molecular formula is C20H12F5N3OS. The zero-order chi connectivity index (χ0) is 21.5. The Hall–Kier alpha value is -3.27. The zero-order valence-corrected chi connectivity index (χ0v) is 16.1. The van der Waals surface area contributed by atoms with Crippen LogP contribution in [0.1, 0.15) is 0 Å². The molecule has 0 atom stereocenters. The van der Waals surface area contributed by atoms with Crippen molar-refractivity contribution in [2.45, 2.75) is 6.36 Å². The van der Waals surface area contributed by atoms with Crippen molar-refractivity contribution in [3.8, 4) is 39.0 Å². The topological polar surface area (TPSA) is 39.9 Å². The molecule has 0 N–H and O–H groups in total. The Labute approximate surface area is 171 Å². The lowest BCUT2D eigenvalue weighted by Gasteiger charge is -2.08. The first kappa shape index (κ1) is 20.0. The standard InChI is InChI=1S/C20H12F5N3OS/c1-28-19(26-18(27-28)17-14(21)3-2-4-15(17)22)12-9-16(30-10-12)11-5-7-13(8-6-11)29-20(23,24)25/h2-10H,1H3. The van der Waals surface area contributed by atoms with Gasteiger partial charge in [0.15, 0.2) is 11.6 Å². The van der Waals surface area contributed by atoms with Gasteiger partial charge in [-0.05, 0) is 48.0 Å². The number of ether oxygens (including phenoxy) is 1. The van der Waals surface area contributed by atoms with E-state index in [0.717, 1.165) is 17.0 Å². The van der Waals surface area contributed by atoms with E-state index >= 15 is 0 Å². The Kier molecular flexibility index (Phi) is 5.02. The maximum atomic E-state index is 14.0. The van der Waals surface area contributed by atoms with E-state index < -0.39 is 18.0 Å². The molecule has 154 valence electrons. The van der Waals surface area contributed by atoms with Crippen molar-refractivity contribution < 1.29 is 26.7 Å². The molecule has 10 heteroatoms. The molecule has 30 heavy (non-hydrogen) atoms. The van der Waals surface area contributed by atoms with E-state index in [-0.39, 0.29) is 17.1 Å². The number of halogens is 5. The van der Waals surface area contributed by atoms with E-state index in [1.54, 1.807) is 18.5 Å². The lowest BCUT2D eigenvalue weighted by atomic mass is 10.1. The SMILES string of the molecule is Cn1nc(-c2c(F)cccc2F)nc1-c1csc(-c2ccc(OC(F)(F)F)cc2)c1. The Balaban J connectivity index is 1.63. The first-order chi connectivity index (χ1) is 14.2.